The molecule has 0 radical (unpaired) electrons. The van der Waals surface area contributed by atoms with Crippen LogP contribution in [-0.2, 0) is 14.8 Å². The van der Waals surface area contributed by atoms with Crippen molar-refractivity contribution in [3.05, 3.63) is 78.1 Å². The highest BCUT2D eigenvalue weighted by Crippen LogP contribution is 2.21. The summed E-state index contributed by atoms with van der Waals surface area (Å²) in [6.07, 6.45) is 2.08. The number of hydrogen-bond donors (Lipinski definition) is 2. The van der Waals surface area contributed by atoms with Gasteiger partial charge in [0.2, 0.25) is 11.8 Å². The Morgan fingerprint density at radius 1 is 0.969 bits per heavy atom. The smallest absolute Gasteiger partial charge is 0.264 e. The largest absolute Gasteiger partial charge is 0.436 e. The highest BCUT2D eigenvalue weighted by Gasteiger charge is 2.16. The number of aldehydes is 1. The minimum absolute atomic E-state index is 0.0154. The molecule has 0 fully saturated rings. The molecule has 2 aromatic carbocycles. The maximum absolute atomic E-state index is 12.6. The average molecular weight is 449 g/mol. The number of allylic oxidation sites excluding steroid dienone is 1. The molecule has 0 atom stereocenters. The summed E-state index contributed by atoms with van der Waals surface area (Å²) in [4.78, 5) is 24.0. The lowest BCUT2D eigenvalue weighted by atomic mass is 10.3. The number of carbonyl (C=O) groups is 1. The van der Waals surface area contributed by atoms with Gasteiger partial charge in [0, 0.05) is 23.3 Å². The molecule has 32 heavy (non-hydrogen) atoms. The minimum Gasteiger partial charge on any atom is -0.436 e. The number of benzene rings is 2. The van der Waals surface area contributed by atoms with Gasteiger partial charge in [-0.15, -0.1) is 0 Å². The molecule has 2 N–H and O–H groups in total. The fourth-order valence-corrected chi connectivity index (χ4v) is 3.93. The zero-order chi connectivity index (χ0) is 22.7. The molecule has 0 aliphatic carbocycles. The van der Waals surface area contributed by atoms with Crippen molar-refractivity contribution < 1.29 is 17.6 Å². The quantitative estimate of drug-likeness (QED) is 0.323. The molecule has 0 saturated heterocycles. The van der Waals surface area contributed by atoms with Crippen molar-refractivity contribution in [1.29, 1.82) is 0 Å². The summed E-state index contributed by atoms with van der Waals surface area (Å²) >= 11 is 0. The van der Waals surface area contributed by atoms with E-state index in [1.54, 1.807) is 44.2 Å². The number of anilines is 2. The topological polar surface area (TPSA) is 127 Å². The van der Waals surface area contributed by atoms with Gasteiger partial charge in [0.1, 0.15) is 5.52 Å². The predicted molar refractivity (Wildman–Crippen MR) is 120 cm³/mol. The third-order valence-corrected chi connectivity index (χ3v) is 5.78. The number of carbonyl (C=O) groups excluding carboxylic acids is 1. The third-order valence-electron chi connectivity index (χ3n) is 4.43. The van der Waals surface area contributed by atoms with Crippen LogP contribution in [0.1, 0.15) is 17.3 Å². The summed E-state index contributed by atoms with van der Waals surface area (Å²) in [6, 6.07) is 14.9. The van der Waals surface area contributed by atoms with Crippen LogP contribution in [-0.4, -0.2) is 29.7 Å². The lowest BCUT2D eigenvalue weighted by molar-refractivity contribution is -0.103. The number of hydrogen-bond acceptors (Lipinski definition) is 8. The molecule has 0 spiro atoms. The van der Waals surface area contributed by atoms with Gasteiger partial charge < -0.3 is 9.73 Å². The van der Waals surface area contributed by atoms with Crippen LogP contribution >= 0.6 is 0 Å². The number of fused-ring (bicyclic) bond motifs is 1. The molecule has 0 aliphatic heterocycles. The zero-order valence-electron chi connectivity index (χ0n) is 17.2. The van der Waals surface area contributed by atoms with E-state index in [9.17, 15) is 13.2 Å². The molecular formula is C22H19N5O4S. The van der Waals surface area contributed by atoms with Crippen LogP contribution in [0.2, 0.25) is 0 Å². The molecule has 0 bridgehead atoms. The van der Waals surface area contributed by atoms with E-state index in [0.717, 1.165) is 0 Å². The van der Waals surface area contributed by atoms with Crippen molar-refractivity contribution in [2.24, 2.45) is 0 Å². The highest BCUT2D eigenvalue weighted by atomic mass is 32.2. The monoisotopic (exact) mass is 449 g/mol. The van der Waals surface area contributed by atoms with Crippen molar-refractivity contribution in [2.45, 2.75) is 18.7 Å². The predicted octanol–water partition coefficient (Wildman–Crippen LogP) is 3.69. The summed E-state index contributed by atoms with van der Waals surface area (Å²) in [7, 11) is -3.86. The summed E-state index contributed by atoms with van der Waals surface area (Å²) in [6.45, 7) is 3.52. The molecule has 10 heteroatoms. The number of sulfonamides is 1. The summed E-state index contributed by atoms with van der Waals surface area (Å²) in [5.41, 5.74) is 3.32. The van der Waals surface area contributed by atoms with Crippen molar-refractivity contribution >= 4 is 44.6 Å². The van der Waals surface area contributed by atoms with Crippen LogP contribution < -0.4 is 10.0 Å². The van der Waals surface area contributed by atoms with Crippen LogP contribution in [0.5, 0.6) is 0 Å². The number of para-hydroxylation sites is 2. The fraction of sp³-hybridized carbons (Fsp3) is 0.0909. The lowest BCUT2D eigenvalue weighted by Gasteiger charge is -2.09. The molecule has 2 heterocycles. The van der Waals surface area contributed by atoms with Crippen molar-refractivity contribution in [3.8, 4) is 0 Å². The van der Waals surface area contributed by atoms with Crippen LogP contribution in [0.25, 0.3) is 16.7 Å². The lowest BCUT2D eigenvalue weighted by Crippen LogP contribution is -2.15. The normalized spacial score (nSPS) is 12.0. The molecular weight excluding hydrogens is 430 g/mol. The Morgan fingerprint density at radius 3 is 2.31 bits per heavy atom. The van der Waals surface area contributed by atoms with Gasteiger partial charge in [-0.2, -0.15) is 0 Å². The van der Waals surface area contributed by atoms with E-state index >= 15 is 0 Å². The Kier molecular flexibility index (Phi) is 5.69. The van der Waals surface area contributed by atoms with Gasteiger partial charge in [0.05, 0.1) is 10.5 Å². The second-order valence-corrected chi connectivity index (χ2v) is 8.64. The second kappa shape index (κ2) is 8.60. The van der Waals surface area contributed by atoms with E-state index in [0.29, 0.717) is 34.5 Å². The van der Waals surface area contributed by atoms with Crippen molar-refractivity contribution in [2.75, 3.05) is 10.0 Å². The Hall–Kier alpha value is -4.05. The second-order valence-electron chi connectivity index (χ2n) is 6.95. The van der Waals surface area contributed by atoms with Crippen LogP contribution in [0.15, 0.2) is 70.1 Å². The number of aromatic nitrogens is 3. The number of oxazole rings is 1. The van der Waals surface area contributed by atoms with Gasteiger partial charge in [-0.3, -0.25) is 4.79 Å². The molecule has 4 aromatic rings. The molecule has 162 valence electrons. The molecule has 0 saturated carbocycles. The summed E-state index contributed by atoms with van der Waals surface area (Å²) in [5, 5.41) is 2.95. The first kappa shape index (κ1) is 21.2. The van der Waals surface area contributed by atoms with Crippen LogP contribution in [0, 0.1) is 13.8 Å². The van der Waals surface area contributed by atoms with E-state index in [1.165, 1.54) is 18.3 Å². The van der Waals surface area contributed by atoms with Gasteiger partial charge in [-0.05, 0) is 56.3 Å². The third kappa shape index (κ3) is 4.65. The van der Waals surface area contributed by atoms with E-state index in [-0.39, 0.29) is 22.3 Å². The van der Waals surface area contributed by atoms with Gasteiger partial charge in [0.15, 0.2) is 11.9 Å². The first-order valence-electron chi connectivity index (χ1n) is 9.57. The first-order chi connectivity index (χ1) is 15.3. The molecule has 4 rings (SSSR count). The van der Waals surface area contributed by atoms with Crippen molar-refractivity contribution in [3.63, 3.8) is 0 Å². The Morgan fingerprint density at radius 2 is 1.66 bits per heavy atom. The number of aryl methyl sites for hydroxylation is 2. The van der Waals surface area contributed by atoms with Gasteiger partial charge >= 0.3 is 0 Å². The summed E-state index contributed by atoms with van der Waals surface area (Å²) < 4.78 is 33.2. The number of nitrogens with zero attached hydrogens (tertiary/aromatic N) is 3. The molecule has 0 amide bonds. The molecule has 2 aromatic heterocycles. The number of nitrogens with one attached hydrogen (secondary N) is 2. The Bertz CT molecular complexity index is 1370. The molecule has 0 aliphatic rings. The van der Waals surface area contributed by atoms with Crippen LogP contribution in [0.3, 0.4) is 0 Å². The number of rotatable bonds is 7. The fourth-order valence-electron chi connectivity index (χ4n) is 2.98. The van der Waals surface area contributed by atoms with E-state index in [2.05, 4.69) is 25.0 Å². The van der Waals surface area contributed by atoms with Gasteiger partial charge in [0.25, 0.3) is 10.0 Å². The molecule has 0 unspecified atom stereocenters. The Labute approximate surface area is 184 Å². The van der Waals surface area contributed by atoms with Crippen LogP contribution in [0.4, 0.5) is 11.6 Å². The highest BCUT2D eigenvalue weighted by molar-refractivity contribution is 7.92. The van der Waals surface area contributed by atoms with E-state index in [4.69, 9.17) is 4.42 Å². The maximum Gasteiger partial charge on any atom is 0.264 e. The van der Waals surface area contributed by atoms with Gasteiger partial charge in [-0.25, -0.2) is 28.1 Å². The van der Waals surface area contributed by atoms with E-state index in [1.807, 2.05) is 12.1 Å². The Balaban J connectivity index is 1.50. The maximum atomic E-state index is 12.6. The summed E-state index contributed by atoms with van der Waals surface area (Å²) in [5.74, 6) is 0.201. The standard InChI is InChI=1S/C22H19N5O4S/c1-14-11-15(2)25-22(24-14)27-32(29,30)18-9-7-17(8-10-18)23-12-16(13-28)21-26-19-5-3-4-6-20(19)31-21/h3-13,23H,1-2H3,(H,24,25,27). The average Bonchev–Trinajstić information content (AvgIpc) is 3.17. The van der Waals surface area contributed by atoms with E-state index < -0.39 is 10.0 Å². The molecule has 9 nitrogen and oxygen atoms in total. The van der Waals surface area contributed by atoms with Gasteiger partial charge in [-0.1, -0.05) is 12.1 Å². The SMILES string of the molecule is Cc1cc(C)nc(NS(=O)(=O)c2ccc(NC=C(C=O)c3nc4ccccc4o3)cc2)n1. The zero-order valence-corrected chi connectivity index (χ0v) is 18.1. The minimum atomic E-state index is -3.86. The van der Waals surface area contributed by atoms with Crippen molar-refractivity contribution in [1.82, 2.24) is 15.0 Å². The first-order valence-corrected chi connectivity index (χ1v) is 11.1.